The number of hydrogen-bond donors (Lipinski definition) is 3. The van der Waals surface area contributed by atoms with Gasteiger partial charge < -0.3 is 10.1 Å². The van der Waals surface area contributed by atoms with Crippen LogP contribution < -0.4 is 16.0 Å². The molecular formula is C10H10ClN3O4. The third-order valence-corrected chi connectivity index (χ3v) is 1.98. The van der Waals surface area contributed by atoms with Crippen LogP contribution in [0.25, 0.3) is 0 Å². The molecule has 3 N–H and O–H groups in total. The molecule has 0 saturated heterocycles. The summed E-state index contributed by atoms with van der Waals surface area (Å²) in [6.45, 7) is 0. The summed E-state index contributed by atoms with van der Waals surface area (Å²) in [4.78, 5) is 33.0. The molecule has 7 nitrogen and oxygen atoms in total. The van der Waals surface area contributed by atoms with Crippen LogP contribution in [-0.2, 0) is 4.74 Å². The van der Waals surface area contributed by atoms with Crippen molar-refractivity contribution in [3.05, 3.63) is 29.3 Å². The predicted octanol–water partition coefficient (Wildman–Crippen LogP) is 1.94. The minimum Gasteiger partial charge on any atom is -0.453 e. The van der Waals surface area contributed by atoms with E-state index in [9.17, 15) is 14.4 Å². The van der Waals surface area contributed by atoms with E-state index in [1.165, 1.54) is 0 Å². The maximum absolute atomic E-state index is 11.3. The van der Waals surface area contributed by atoms with Crippen molar-refractivity contribution >= 4 is 35.4 Å². The lowest BCUT2D eigenvalue weighted by Gasteiger charge is -2.06. The van der Waals surface area contributed by atoms with Gasteiger partial charge in [0.2, 0.25) is 0 Å². The van der Waals surface area contributed by atoms with Crippen molar-refractivity contribution in [2.75, 3.05) is 12.4 Å². The fraction of sp³-hybridized carbons (Fsp3) is 0.100. The van der Waals surface area contributed by atoms with E-state index in [2.05, 4.69) is 10.1 Å². The van der Waals surface area contributed by atoms with Gasteiger partial charge in [0.15, 0.2) is 0 Å². The maximum atomic E-state index is 11.3. The van der Waals surface area contributed by atoms with Crippen LogP contribution in [0.2, 0.25) is 5.02 Å². The number of halogens is 1. The zero-order valence-electron chi connectivity index (χ0n) is 9.32. The maximum Gasteiger partial charge on any atom is 0.415 e. The number of urea groups is 2. The Kier molecular flexibility index (Phi) is 4.94. The monoisotopic (exact) mass is 271 g/mol. The Bertz CT molecular complexity index is 461. The highest BCUT2D eigenvalue weighted by Gasteiger charge is 2.10. The van der Waals surface area contributed by atoms with Gasteiger partial charge in [0.05, 0.1) is 7.11 Å². The number of carbonyl (C=O) groups excluding carboxylic acids is 3. The first-order valence-corrected chi connectivity index (χ1v) is 5.11. The number of imide groups is 2. The molecule has 1 aromatic carbocycles. The average Bonchev–Trinajstić information content (AvgIpc) is 2.31. The van der Waals surface area contributed by atoms with Crippen LogP contribution in [0.15, 0.2) is 24.3 Å². The lowest BCUT2D eigenvalue weighted by Crippen LogP contribution is -2.44. The van der Waals surface area contributed by atoms with Crippen LogP contribution in [0, 0.1) is 0 Å². The second-order valence-corrected chi connectivity index (χ2v) is 3.47. The summed E-state index contributed by atoms with van der Waals surface area (Å²) >= 11 is 5.66. The number of alkyl carbamates (subject to hydrolysis) is 1. The number of benzene rings is 1. The Labute approximate surface area is 107 Å². The van der Waals surface area contributed by atoms with Gasteiger partial charge in [-0.3, -0.25) is 5.32 Å². The van der Waals surface area contributed by atoms with Crippen LogP contribution in [0.1, 0.15) is 0 Å². The zero-order valence-corrected chi connectivity index (χ0v) is 10.1. The van der Waals surface area contributed by atoms with Crippen molar-refractivity contribution in [1.82, 2.24) is 10.6 Å². The first kappa shape index (κ1) is 13.8. The number of nitrogens with one attached hydrogen (secondary N) is 3. The molecule has 1 aromatic rings. The van der Waals surface area contributed by atoms with Gasteiger partial charge in [-0.1, -0.05) is 11.6 Å². The number of anilines is 1. The fourth-order valence-electron chi connectivity index (χ4n) is 0.974. The highest BCUT2D eigenvalue weighted by Crippen LogP contribution is 2.12. The summed E-state index contributed by atoms with van der Waals surface area (Å²) in [6.07, 6.45) is -0.966. The standard InChI is InChI=1S/C10H10ClN3O4/c1-18-10(17)14-9(16)13-8(15)12-7-4-2-6(11)3-5-7/h2-5H,1H3,(H3,12,13,14,15,16,17). The van der Waals surface area contributed by atoms with Gasteiger partial charge in [-0.05, 0) is 24.3 Å². The molecule has 0 aliphatic rings. The van der Waals surface area contributed by atoms with E-state index < -0.39 is 18.2 Å². The Balaban J connectivity index is 2.44. The lowest BCUT2D eigenvalue weighted by atomic mass is 10.3. The first-order valence-electron chi connectivity index (χ1n) is 4.74. The molecule has 0 bridgehead atoms. The molecule has 18 heavy (non-hydrogen) atoms. The lowest BCUT2D eigenvalue weighted by molar-refractivity contribution is 0.171. The van der Waals surface area contributed by atoms with E-state index in [-0.39, 0.29) is 0 Å². The van der Waals surface area contributed by atoms with Gasteiger partial charge in [-0.2, -0.15) is 0 Å². The highest BCUT2D eigenvalue weighted by atomic mass is 35.5. The van der Waals surface area contributed by atoms with Gasteiger partial charge in [-0.25, -0.2) is 19.7 Å². The van der Waals surface area contributed by atoms with Crippen LogP contribution in [-0.4, -0.2) is 25.3 Å². The van der Waals surface area contributed by atoms with Gasteiger partial charge in [0, 0.05) is 10.7 Å². The van der Waals surface area contributed by atoms with Crippen LogP contribution in [0.5, 0.6) is 0 Å². The van der Waals surface area contributed by atoms with Crippen molar-refractivity contribution in [3.8, 4) is 0 Å². The van der Waals surface area contributed by atoms with E-state index >= 15 is 0 Å². The molecule has 5 amide bonds. The summed E-state index contributed by atoms with van der Waals surface area (Å²) in [5.41, 5.74) is 0.447. The van der Waals surface area contributed by atoms with Crippen molar-refractivity contribution in [3.63, 3.8) is 0 Å². The summed E-state index contributed by atoms with van der Waals surface area (Å²) in [5, 5.41) is 6.52. The highest BCUT2D eigenvalue weighted by molar-refractivity contribution is 6.30. The molecule has 0 radical (unpaired) electrons. The normalized spacial score (nSPS) is 9.22. The number of amides is 5. The van der Waals surface area contributed by atoms with Gasteiger partial charge >= 0.3 is 18.2 Å². The minimum absolute atomic E-state index is 0.447. The van der Waals surface area contributed by atoms with E-state index in [1.807, 2.05) is 5.32 Å². The topological polar surface area (TPSA) is 96.5 Å². The molecule has 1 rings (SSSR count). The second kappa shape index (κ2) is 6.45. The summed E-state index contributed by atoms with van der Waals surface area (Å²) in [6, 6.07) is 4.48. The van der Waals surface area contributed by atoms with E-state index in [4.69, 9.17) is 11.6 Å². The van der Waals surface area contributed by atoms with E-state index in [1.54, 1.807) is 29.6 Å². The minimum atomic E-state index is -0.992. The van der Waals surface area contributed by atoms with Crippen LogP contribution in [0.4, 0.5) is 20.1 Å². The van der Waals surface area contributed by atoms with Gasteiger partial charge in [0.1, 0.15) is 0 Å². The number of carbonyl (C=O) groups is 3. The molecule has 8 heteroatoms. The molecule has 0 fully saturated rings. The number of hydrogen-bond acceptors (Lipinski definition) is 4. The fourth-order valence-corrected chi connectivity index (χ4v) is 1.10. The Morgan fingerprint density at radius 1 is 1.06 bits per heavy atom. The molecular weight excluding hydrogens is 262 g/mol. The van der Waals surface area contributed by atoms with E-state index in [0.29, 0.717) is 10.7 Å². The molecule has 0 spiro atoms. The van der Waals surface area contributed by atoms with Gasteiger partial charge in [0.25, 0.3) is 0 Å². The number of rotatable bonds is 1. The third-order valence-electron chi connectivity index (χ3n) is 1.73. The molecule has 0 heterocycles. The van der Waals surface area contributed by atoms with Crippen molar-refractivity contribution < 1.29 is 19.1 Å². The third kappa shape index (κ3) is 4.71. The van der Waals surface area contributed by atoms with Crippen LogP contribution >= 0.6 is 11.6 Å². The number of ether oxygens (including phenoxy) is 1. The van der Waals surface area contributed by atoms with Crippen LogP contribution in [0.3, 0.4) is 0 Å². The Morgan fingerprint density at radius 3 is 2.22 bits per heavy atom. The Morgan fingerprint density at radius 2 is 1.67 bits per heavy atom. The quantitative estimate of drug-likeness (QED) is 0.727. The second-order valence-electron chi connectivity index (χ2n) is 3.03. The molecule has 0 atom stereocenters. The molecule has 96 valence electrons. The first-order chi connectivity index (χ1) is 8.51. The van der Waals surface area contributed by atoms with E-state index in [0.717, 1.165) is 7.11 Å². The van der Waals surface area contributed by atoms with Crippen molar-refractivity contribution in [2.45, 2.75) is 0 Å². The van der Waals surface area contributed by atoms with Crippen molar-refractivity contribution in [2.24, 2.45) is 0 Å². The Hall–Kier alpha value is -2.28. The molecule has 0 aliphatic carbocycles. The summed E-state index contributed by atoms with van der Waals surface area (Å²) in [5.74, 6) is 0. The smallest absolute Gasteiger partial charge is 0.415 e. The number of methoxy groups -OCH3 is 1. The molecule has 0 unspecified atom stereocenters. The largest absolute Gasteiger partial charge is 0.453 e. The molecule has 0 aliphatic heterocycles. The molecule has 0 aromatic heterocycles. The summed E-state index contributed by atoms with van der Waals surface area (Å²) in [7, 11) is 1.09. The molecule has 0 saturated carbocycles. The summed E-state index contributed by atoms with van der Waals surface area (Å²) < 4.78 is 4.18. The van der Waals surface area contributed by atoms with Gasteiger partial charge in [-0.15, -0.1) is 0 Å². The average molecular weight is 272 g/mol. The zero-order chi connectivity index (χ0) is 13.5. The predicted molar refractivity (Wildman–Crippen MR) is 64.5 cm³/mol. The SMILES string of the molecule is COC(=O)NC(=O)NC(=O)Nc1ccc(Cl)cc1. The van der Waals surface area contributed by atoms with Crippen molar-refractivity contribution in [1.29, 1.82) is 0 Å².